The van der Waals surface area contributed by atoms with E-state index in [1.807, 2.05) is 37.3 Å². The Labute approximate surface area is 165 Å². The summed E-state index contributed by atoms with van der Waals surface area (Å²) in [6.45, 7) is 5.28. The molecule has 0 saturated carbocycles. The number of carbonyl (C=O) groups is 1. The summed E-state index contributed by atoms with van der Waals surface area (Å²) in [5.74, 6) is 1.09. The van der Waals surface area contributed by atoms with Gasteiger partial charge in [0.2, 0.25) is 11.8 Å². The monoisotopic (exact) mass is 384 g/mol. The second-order valence-electron chi connectivity index (χ2n) is 6.87. The highest BCUT2D eigenvalue weighted by Gasteiger charge is 2.20. The van der Waals surface area contributed by atoms with Crippen molar-refractivity contribution in [1.29, 1.82) is 0 Å². The number of nitrogens with two attached hydrogens (primary N) is 1. The zero-order chi connectivity index (χ0) is 19.8. The minimum atomic E-state index is -0.274. The molecule has 1 saturated heterocycles. The van der Waals surface area contributed by atoms with E-state index in [2.05, 4.69) is 25.5 Å². The smallest absolute Gasteiger partial charge is 0.231 e. The molecule has 2 aromatic rings. The minimum Gasteiger partial charge on any atom is -0.444 e. The Balaban J connectivity index is 1.55. The van der Waals surface area contributed by atoms with Crippen LogP contribution in [0.1, 0.15) is 25.5 Å². The van der Waals surface area contributed by atoms with Gasteiger partial charge in [0.15, 0.2) is 5.96 Å². The second kappa shape index (κ2) is 9.89. The number of rotatable bonds is 7. The van der Waals surface area contributed by atoms with Crippen molar-refractivity contribution in [2.75, 3.05) is 26.2 Å². The maximum Gasteiger partial charge on any atom is 0.231 e. The molecule has 0 unspecified atom stereocenters. The zero-order valence-corrected chi connectivity index (χ0v) is 16.2. The average Bonchev–Trinajstić information content (AvgIpc) is 3.17. The third-order valence-electron chi connectivity index (χ3n) is 4.62. The number of hydrogen-bond acceptors (Lipinski definition) is 5. The summed E-state index contributed by atoms with van der Waals surface area (Å²) in [5.41, 5.74) is 7.01. The maximum atomic E-state index is 11.0. The van der Waals surface area contributed by atoms with Crippen LogP contribution in [0.15, 0.2) is 46.0 Å². The molecule has 150 valence electrons. The van der Waals surface area contributed by atoms with Gasteiger partial charge in [0.05, 0.1) is 13.1 Å². The Kier molecular flexibility index (Phi) is 7.02. The van der Waals surface area contributed by atoms with Crippen LogP contribution in [0, 0.1) is 0 Å². The lowest BCUT2D eigenvalue weighted by Crippen LogP contribution is -2.49. The maximum absolute atomic E-state index is 11.0. The fraction of sp³-hybridized carbons (Fsp3) is 0.450. The molecule has 0 spiro atoms. The molecule has 4 N–H and O–H groups in total. The van der Waals surface area contributed by atoms with Crippen LogP contribution in [0.2, 0.25) is 0 Å². The molecule has 28 heavy (non-hydrogen) atoms. The second-order valence-corrected chi connectivity index (χ2v) is 6.87. The largest absolute Gasteiger partial charge is 0.444 e. The van der Waals surface area contributed by atoms with Crippen LogP contribution in [0.4, 0.5) is 0 Å². The molecule has 1 aliphatic rings. The van der Waals surface area contributed by atoms with E-state index < -0.39 is 0 Å². The number of aliphatic imine (C=N–C) groups is 1. The summed E-state index contributed by atoms with van der Waals surface area (Å²) >= 11 is 0. The number of oxazole rings is 1. The molecule has 8 heteroatoms. The molecule has 0 aliphatic carbocycles. The molecule has 1 fully saturated rings. The number of primary amides is 1. The molecule has 8 nitrogen and oxygen atoms in total. The highest BCUT2D eigenvalue weighted by Crippen LogP contribution is 2.18. The summed E-state index contributed by atoms with van der Waals surface area (Å²) in [6, 6.07) is 10.1. The summed E-state index contributed by atoms with van der Waals surface area (Å²) in [4.78, 5) is 22.3. The quantitative estimate of drug-likeness (QED) is 0.491. The van der Waals surface area contributed by atoms with Crippen LogP contribution < -0.4 is 16.4 Å². The topological polar surface area (TPSA) is 109 Å². The molecular weight excluding hydrogens is 356 g/mol. The molecule has 2 heterocycles. The summed E-state index contributed by atoms with van der Waals surface area (Å²) in [6.07, 6.45) is 3.54. The molecule has 1 amide bonds. The van der Waals surface area contributed by atoms with E-state index in [-0.39, 0.29) is 5.91 Å². The normalized spacial score (nSPS) is 16.1. The van der Waals surface area contributed by atoms with Crippen LogP contribution in [0.3, 0.4) is 0 Å². The van der Waals surface area contributed by atoms with Gasteiger partial charge in [-0.05, 0) is 31.9 Å². The van der Waals surface area contributed by atoms with Crippen LogP contribution in [0.5, 0.6) is 0 Å². The molecule has 1 aromatic heterocycles. The van der Waals surface area contributed by atoms with E-state index in [1.165, 1.54) is 0 Å². The van der Waals surface area contributed by atoms with Gasteiger partial charge in [-0.15, -0.1) is 0 Å². The lowest BCUT2D eigenvalue weighted by Gasteiger charge is -2.32. The highest BCUT2D eigenvalue weighted by molar-refractivity contribution is 5.80. The van der Waals surface area contributed by atoms with Gasteiger partial charge in [0, 0.05) is 31.2 Å². The molecule has 3 rings (SSSR count). The van der Waals surface area contributed by atoms with Crippen LogP contribution >= 0.6 is 0 Å². The number of aromatic nitrogens is 1. The average molecular weight is 384 g/mol. The summed E-state index contributed by atoms with van der Waals surface area (Å²) in [7, 11) is 0. The van der Waals surface area contributed by atoms with Crippen molar-refractivity contribution >= 4 is 11.9 Å². The number of piperidine rings is 1. The van der Waals surface area contributed by atoms with Crippen molar-refractivity contribution in [2.45, 2.75) is 32.4 Å². The van der Waals surface area contributed by atoms with Crippen molar-refractivity contribution in [3.05, 3.63) is 42.3 Å². The molecule has 0 bridgehead atoms. The molecular formula is C20H28N6O2. The van der Waals surface area contributed by atoms with Crippen molar-refractivity contribution < 1.29 is 9.21 Å². The molecule has 1 aromatic carbocycles. The summed E-state index contributed by atoms with van der Waals surface area (Å²) < 4.78 is 5.57. The fourth-order valence-electron chi connectivity index (χ4n) is 3.22. The first-order chi connectivity index (χ1) is 13.6. The predicted octanol–water partition coefficient (Wildman–Crippen LogP) is 1.35. The van der Waals surface area contributed by atoms with Gasteiger partial charge in [-0.1, -0.05) is 18.2 Å². The van der Waals surface area contributed by atoms with E-state index >= 15 is 0 Å². The van der Waals surface area contributed by atoms with Crippen molar-refractivity contribution in [2.24, 2.45) is 10.7 Å². The first kappa shape index (κ1) is 19.9. The van der Waals surface area contributed by atoms with Crippen LogP contribution in [0.25, 0.3) is 11.5 Å². The van der Waals surface area contributed by atoms with Gasteiger partial charge in [-0.3, -0.25) is 9.69 Å². The lowest BCUT2D eigenvalue weighted by atomic mass is 10.1. The molecule has 0 atom stereocenters. The predicted molar refractivity (Wildman–Crippen MR) is 109 cm³/mol. The Morgan fingerprint density at radius 2 is 2.07 bits per heavy atom. The number of nitrogens with one attached hydrogen (secondary N) is 2. The number of likely N-dealkylation sites (tertiary alicyclic amines) is 1. The minimum absolute atomic E-state index is 0.274. The lowest BCUT2D eigenvalue weighted by molar-refractivity contribution is -0.119. The highest BCUT2D eigenvalue weighted by atomic mass is 16.3. The first-order valence-electron chi connectivity index (χ1n) is 9.69. The number of guanidine groups is 1. The van der Waals surface area contributed by atoms with Gasteiger partial charge < -0.3 is 20.8 Å². The van der Waals surface area contributed by atoms with Crippen molar-refractivity contribution in [3.8, 4) is 11.5 Å². The Hall–Kier alpha value is -2.87. The van der Waals surface area contributed by atoms with E-state index in [1.54, 1.807) is 6.26 Å². The molecule has 1 aliphatic heterocycles. The number of nitrogens with zero attached hydrogens (tertiary/aromatic N) is 3. The zero-order valence-electron chi connectivity index (χ0n) is 16.2. The van der Waals surface area contributed by atoms with Gasteiger partial charge >= 0.3 is 0 Å². The van der Waals surface area contributed by atoms with Crippen molar-refractivity contribution in [3.63, 3.8) is 0 Å². The third-order valence-corrected chi connectivity index (χ3v) is 4.62. The first-order valence-corrected chi connectivity index (χ1v) is 9.69. The van der Waals surface area contributed by atoms with E-state index in [9.17, 15) is 4.79 Å². The number of amides is 1. The van der Waals surface area contributed by atoms with Gasteiger partial charge in [0.1, 0.15) is 12.0 Å². The Morgan fingerprint density at radius 1 is 1.32 bits per heavy atom. The van der Waals surface area contributed by atoms with Crippen molar-refractivity contribution in [1.82, 2.24) is 20.5 Å². The van der Waals surface area contributed by atoms with E-state index in [0.717, 1.165) is 49.7 Å². The van der Waals surface area contributed by atoms with E-state index in [0.29, 0.717) is 25.0 Å². The Morgan fingerprint density at radius 3 is 2.75 bits per heavy atom. The van der Waals surface area contributed by atoms with Gasteiger partial charge in [-0.2, -0.15) is 0 Å². The number of carbonyl (C=O) groups excluding carboxylic acids is 1. The SMILES string of the molecule is CCNC(=NCc1coc(-c2ccccc2)n1)NC1CCN(CC(N)=O)CC1. The van der Waals surface area contributed by atoms with E-state index in [4.69, 9.17) is 10.2 Å². The van der Waals surface area contributed by atoms with Crippen LogP contribution in [-0.4, -0.2) is 54.0 Å². The fourth-order valence-corrected chi connectivity index (χ4v) is 3.22. The summed E-state index contributed by atoms with van der Waals surface area (Å²) in [5, 5.41) is 6.75. The molecule has 0 radical (unpaired) electrons. The standard InChI is InChI=1S/C20H28N6O2/c1-2-22-20(25-16-8-10-26(11-9-16)13-18(21)27)23-12-17-14-28-19(24-17)15-6-4-3-5-7-15/h3-7,14,16H,2,8-13H2,1H3,(H2,21,27)(H2,22,23,25). The third kappa shape index (κ3) is 5.82. The Bertz CT molecular complexity index is 781. The van der Waals surface area contributed by atoms with Gasteiger partial charge in [-0.25, -0.2) is 9.98 Å². The van der Waals surface area contributed by atoms with Crippen LogP contribution in [-0.2, 0) is 11.3 Å². The van der Waals surface area contributed by atoms with Gasteiger partial charge in [0.25, 0.3) is 0 Å². The number of hydrogen-bond donors (Lipinski definition) is 3. The number of benzene rings is 1.